The van der Waals surface area contributed by atoms with Crippen molar-refractivity contribution >= 4 is 23.5 Å². The lowest BCUT2D eigenvalue weighted by Gasteiger charge is -2.06. The number of halogens is 1. The smallest absolute Gasteiger partial charge is 0.231 e. The normalized spacial score (nSPS) is 12.9. The third-order valence-corrected chi connectivity index (χ3v) is 3.84. The number of benzene rings is 2. The standard InChI is InChI=1S/C18H13ClN2O2/c19-13-3-6-15(7-4-13)21-9-1-2-16(21)11-20-14-5-8-17-18(10-14)23-12-22-17/h1-11H,12H2. The quantitative estimate of drug-likeness (QED) is 0.659. The number of aliphatic imine (C=N–C) groups is 1. The van der Waals surface area contributed by atoms with Gasteiger partial charge in [0.15, 0.2) is 11.5 Å². The summed E-state index contributed by atoms with van der Waals surface area (Å²) in [4.78, 5) is 4.52. The van der Waals surface area contributed by atoms with Crippen LogP contribution in [0, 0.1) is 0 Å². The van der Waals surface area contributed by atoms with E-state index in [4.69, 9.17) is 21.1 Å². The number of hydrogen-bond donors (Lipinski definition) is 0. The lowest BCUT2D eigenvalue weighted by molar-refractivity contribution is 0.174. The van der Waals surface area contributed by atoms with Gasteiger partial charge in [0.2, 0.25) is 6.79 Å². The van der Waals surface area contributed by atoms with Crippen molar-refractivity contribution in [2.45, 2.75) is 0 Å². The molecule has 1 aliphatic rings. The van der Waals surface area contributed by atoms with Gasteiger partial charge in [0.05, 0.1) is 17.6 Å². The second-order valence-corrected chi connectivity index (χ2v) is 5.51. The van der Waals surface area contributed by atoms with E-state index in [-0.39, 0.29) is 6.79 Å². The monoisotopic (exact) mass is 324 g/mol. The molecule has 0 N–H and O–H groups in total. The van der Waals surface area contributed by atoms with Crippen LogP contribution < -0.4 is 9.47 Å². The highest BCUT2D eigenvalue weighted by atomic mass is 35.5. The molecule has 0 radical (unpaired) electrons. The maximum atomic E-state index is 5.94. The number of hydrogen-bond acceptors (Lipinski definition) is 3. The molecular formula is C18H13ClN2O2. The summed E-state index contributed by atoms with van der Waals surface area (Å²) in [6, 6.07) is 17.3. The summed E-state index contributed by atoms with van der Waals surface area (Å²) in [5.41, 5.74) is 2.83. The van der Waals surface area contributed by atoms with Crippen molar-refractivity contribution < 1.29 is 9.47 Å². The van der Waals surface area contributed by atoms with Crippen LogP contribution in [0.1, 0.15) is 5.69 Å². The Morgan fingerprint density at radius 3 is 2.70 bits per heavy atom. The second kappa shape index (κ2) is 5.82. The molecule has 0 saturated carbocycles. The first-order chi connectivity index (χ1) is 11.3. The zero-order valence-electron chi connectivity index (χ0n) is 12.1. The Morgan fingerprint density at radius 1 is 1.00 bits per heavy atom. The van der Waals surface area contributed by atoms with Crippen LogP contribution in [0.3, 0.4) is 0 Å². The molecule has 0 unspecified atom stereocenters. The maximum absolute atomic E-state index is 5.94. The molecule has 1 aliphatic heterocycles. The zero-order chi connectivity index (χ0) is 15.6. The number of aromatic nitrogens is 1. The molecule has 0 spiro atoms. The molecule has 0 fully saturated rings. The van der Waals surface area contributed by atoms with Gasteiger partial charge in [0.25, 0.3) is 0 Å². The topological polar surface area (TPSA) is 35.8 Å². The Kier molecular flexibility index (Phi) is 3.52. The third kappa shape index (κ3) is 2.81. The van der Waals surface area contributed by atoms with Gasteiger partial charge in [-0.2, -0.15) is 0 Å². The van der Waals surface area contributed by atoms with Crippen molar-refractivity contribution in [3.63, 3.8) is 0 Å². The van der Waals surface area contributed by atoms with E-state index in [1.54, 1.807) is 0 Å². The summed E-state index contributed by atoms with van der Waals surface area (Å²) in [6.07, 6.45) is 3.82. The van der Waals surface area contributed by atoms with Gasteiger partial charge < -0.3 is 14.0 Å². The second-order valence-electron chi connectivity index (χ2n) is 5.08. The molecule has 1 aromatic heterocycles. The molecule has 3 aromatic rings. The fraction of sp³-hybridized carbons (Fsp3) is 0.0556. The molecule has 0 bridgehead atoms. The largest absolute Gasteiger partial charge is 0.454 e. The average molecular weight is 325 g/mol. The van der Waals surface area contributed by atoms with Gasteiger partial charge in [0, 0.05) is 23.0 Å². The van der Waals surface area contributed by atoms with E-state index in [0.717, 1.165) is 33.6 Å². The SMILES string of the molecule is Clc1ccc(-n2cccc2C=Nc2ccc3c(c2)OCO3)cc1. The first kappa shape index (κ1) is 13.9. The minimum absolute atomic E-state index is 0.266. The summed E-state index contributed by atoms with van der Waals surface area (Å²) in [6.45, 7) is 0.266. The van der Waals surface area contributed by atoms with Crippen LogP contribution in [0.4, 0.5) is 5.69 Å². The van der Waals surface area contributed by atoms with Crippen LogP contribution in [0.15, 0.2) is 65.8 Å². The van der Waals surface area contributed by atoms with Gasteiger partial charge in [-0.1, -0.05) is 11.6 Å². The van der Waals surface area contributed by atoms with Crippen molar-refractivity contribution in [1.82, 2.24) is 4.57 Å². The molecule has 4 nitrogen and oxygen atoms in total. The molecule has 23 heavy (non-hydrogen) atoms. The maximum Gasteiger partial charge on any atom is 0.231 e. The van der Waals surface area contributed by atoms with Gasteiger partial charge in [-0.3, -0.25) is 4.99 Å². The summed E-state index contributed by atoms with van der Waals surface area (Å²) >= 11 is 5.94. The average Bonchev–Trinajstić information content (AvgIpc) is 3.22. The molecule has 4 rings (SSSR count). The number of fused-ring (bicyclic) bond motifs is 1. The van der Waals surface area contributed by atoms with Gasteiger partial charge in [-0.15, -0.1) is 0 Å². The van der Waals surface area contributed by atoms with E-state index in [0.29, 0.717) is 0 Å². The Balaban J connectivity index is 1.62. The molecule has 5 heteroatoms. The molecule has 0 atom stereocenters. The van der Waals surface area contributed by atoms with Crippen LogP contribution in [0.25, 0.3) is 5.69 Å². The minimum Gasteiger partial charge on any atom is -0.454 e. The Labute approximate surface area is 138 Å². The van der Waals surface area contributed by atoms with E-state index >= 15 is 0 Å². The molecule has 2 aromatic carbocycles. The summed E-state index contributed by atoms with van der Waals surface area (Å²) in [5.74, 6) is 1.49. The van der Waals surface area contributed by atoms with E-state index < -0.39 is 0 Å². The van der Waals surface area contributed by atoms with Gasteiger partial charge >= 0.3 is 0 Å². The van der Waals surface area contributed by atoms with Crippen LogP contribution in [-0.4, -0.2) is 17.6 Å². The highest BCUT2D eigenvalue weighted by Gasteiger charge is 2.12. The van der Waals surface area contributed by atoms with E-state index in [1.807, 2.05) is 71.6 Å². The predicted octanol–water partition coefficient (Wildman–Crippen LogP) is 4.61. The van der Waals surface area contributed by atoms with E-state index in [2.05, 4.69) is 4.99 Å². The predicted molar refractivity (Wildman–Crippen MR) is 90.6 cm³/mol. The lowest BCUT2D eigenvalue weighted by atomic mass is 10.3. The van der Waals surface area contributed by atoms with Gasteiger partial charge in [-0.25, -0.2) is 0 Å². The van der Waals surface area contributed by atoms with Crippen LogP contribution in [-0.2, 0) is 0 Å². The number of ether oxygens (including phenoxy) is 2. The highest BCUT2D eigenvalue weighted by molar-refractivity contribution is 6.30. The first-order valence-electron chi connectivity index (χ1n) is 7.17. The van der Waals surface area contributed by atoms with Crippen molar-refractivity contribution in [3.8, 4) is 17.2 Å². The molecule has 114 valence electrons. The van der Waals surface area contributed by atoms with Crippen LogP contribution >= 0.6 is 11.6 Å². The summed E-state index contributed by atoms with van der Waals surface area (Å²) in [5, 5.41) is 0.719. The van der Waals surface area contributed by atoms with Crippen molar-refractivity contribution in [3.05, 3.63) is 71.5 Å². The van der Waals surface area contributed by atoms with Crippen molar-refractivity contribution in [2.24, 2.45) is 4.99 Å². The van der Waals surface area contributed by atoms with E-state index in [9.17, 15) is 0 Å². The third-order valence-electron chi connectivity index (χ3n) is 3.59. The van der Waals surface area contributed by atoms with Crippen LogP contribution in [0.5, 0.6) is 11.5 Å². The highest BCUT2D eigenvalue weighted by Crippen LogP contribution is 2.35. The Hall–Kier alpha value is -2.72. The number of nitrogens with zero attached hydrogens (tertiary/aromatic N) is 2. The summed E-state index contributed by atoms with van der Waals surface area (Å²) in [7, 11) is 0. The Morgan fingerprint density at radius 2 is 1.83 bits per heavy atom. The fourth-order valence-corrected chi connectivity index (χ4v) is 2.57. The summed E-state index contributed by atoms with van der Waals surface area (Å²) < 4.78 is 12.7. The van der Waals surface area contributed by atoms with Gasteiger partial charge in [0.1, 0.15) is 0 Å². The minimum atomic E-state index is 0.266. The molecule has 0 aliphatic carbocycles. The van der Waals surface area contributed by atoms with E-state index in [1.165, 1.54) is 0 Å². The first-order valence-corrected chi connectivity index (χ1v) is 7.54. The van der Waals surface area contributed by atoms with Gasteiger partial charge in [-0.05, 0) is 48.5 Å². The molecule has 0 saturated heterocycles. The van der Waals surface area contributed by atoms with Crippen molar-refractivity contribution in [1.29, 1.82) is 0 Å². The molecule has 0 amide bonds. The molecule has 2 heterocycles. The Bertz CT molecular complexity index is 869. The fourth-order valence-electron chi connectivity index (χ4n) is 2.44. The van der Waals surface area contributed by atoms with Crippen molar-refractivity contribution in [2.75, 3.05) is 6.79 Å². The molecular weight excluding hydrogens is 312 g/mol. The lowest BCUT2D eigenvalue weighted by Crippen LogP contribution is -1.97. The number of rotatable bonds is 3. The van der Waals surface area contributed by atoms with Crippen LogP contribution in [0.2, 0.25) is 5.02 Å². The zero-order valence-corrected chi connectivity index (χ0v) is 12.9.